The molecule has 0 aliphatic heterocycles. The lowest BCUT2D eigenvalue weighted by molar-refractivity contribution is 0.281. The molecule has 3 heteroatoms. The van der Waals surface area contributed by atoms with Crippen LogP contribution >= 0.6 is 0 Å². The summed E-state index contributed by atoms with van der Waals surface area (Å²) in [6.45, 7) is 8.39. The van der Waals surface area contributed by atoms with E-state index in [2.05, 4.69) is 20.8 Å². The molecule has 130 valence electrons. The third-order valence-electron chi connectivity index (χ3n) is 4.51. The van der Waals surface area contributed by atoms with Gasteiger partial charge in [-0.25, -0.2) is 4.39 Å². The zero-order valence-corrected chi connectivity index (χ0v) is 15.2. The maximum Gasteiger partial charge on any atom is 0.123 e. The Balaban J connectivity index is 2.68. The van der Waals surface area contributed by atoms with E-state index in [-0.39, 0.29) is 12.4 Å². The van der Waals surface area contributed by atoms with Crippen LogP contribution in [0.3, 0.4) is 0 Å². The van der Waals surface area contributed by atoms with Crippen LogP contribution in [-0.4, -0.2) is 10.1 Å². The van der Waals surface area contributed by atoms with Crippen LogP contribution in [0.5, 0.6) is 0 Å². The lowest BCUT2D eigenvalue weighted by Gasteiger charge is -2.22. The normalized spacial score (nSPS) is 11.3. The van der Waals surface area contributed by atoms with Gasteiger partial charge in [0.2, 0.25) is 0 Å². The summed E-state index contributed by atoms with van der Waals surface area (Å²) in [5, 5.41) is 9.93. The fourth-order valence-corrected chi connectivity index (χ4v) is 3.25. The first-order chi connectivity index (χ1) is 11.5. The Hall–Kier alpha value is -1.74. The molecule has 2 rings (SSSR count). The largest absolute Gasteiger partial charge is 0.392 e. The van der Waals surface area contributed by atoms with Crippen LogP contribution in [-0.2, 0) is 13.0 Å². The summed E-state index contributed by atoms with van der Waals surface area (Å²) in [5.41, 5.74) is 6.03. The molecule has 0 radical (unpaired) electrons. The topological polar surface area (TPSA) is 33.1 Å². The summed E-state index contributed by atoms with van der Waals surface area (Å²) in [6, 6.07) is 6.57. The van der Waals surface area contributed by atoms with Gasteiger partial charge in [0.25, 0.3) is 0 Å². The Kier molecular flexibility index (Phi) is 6.50. The molecule has 2 aromatic rings. The first kappa shape index (κ1) is 18.6. The molecule has 0 atom stereocenters. The molecule has 0 saturated carbocycles. The van der Waals surface area contributed by atoms with Crippen LogP contribution in [0.4, 0.5) is 4.39 Å². The average Bonchev–Trinajstić information content (AvgIpc) is 2.56. The van der Waals surface area contributed by atoms with Gasteiger partial charge in [-0.05, 0) is 54.5 Å². The number of aliphatic hydroxyl groups is 1. The maximum atomic E-state index is 13.4. The smallest absolute Gasteiger partial charge is 0.123 e. The molecule has 0 unspecified atom stereocenters. The zero-order chi connectivity index (χ0) is 17.7. The third-order valence-corrected chi connectivity index (χ3v) is 4.51. The van der Waals surface area contributed by atoms with Gasteiger partial charge in [0, 0.05) is 17.0 Å². The predicted octanol–water partition coefficient (Wildman–Crippen LogP) is 5.54. The van der Waals surface area contributed by atoms with Crippen molar-refractivity contribution in [2.75, 3.05) is 0 Å². The Morgan fingerprint density at radius 1 is 1.08 bits per heavy atom. The number of rotatable bonds is 7. The summed E-state index contributed by atoms with van der Waals surface area (Å²) >= 11 is 0. The molecule has 0 fully saturated rings. The van der Waals surface area contributed by atoms with Crippen molar-refractivity contribution in [3.63, 3.8) is 0 Å². The molecule has 0 amide bonds. The Labute approximate surface area is 144 Å². The number of aryl methyl sites for hydroxylation is 1. The molecule has 1 N–H and O–H groups in total. The van der Waals surface area contributed by atoms with Gasteiger partial charge in [0.15, 0.2) is 0 Å². The number of unbranched alkanes of at least 4 members (excludes halogenated alkanes) is 2. The van der Waals surface area contributed by atoms with Crippen LogP contribution in [0.25, 0.3) is 11.1 Å². The number of aromatic nitrogens is 1. The second-order valence-corrected chi connectivity index (χ2v) is 6.69. The third kappa shape index (κ3) is 4.02. The van der Waals surface area contributed by atoms with Crippen molar-refractivity contribution in [3.05, 3.63) is 52.6 Å². The molecule has 0 aliphatic rings. The molecular weight excluding hydrogens is 301 g/mol. The standard InChI is InChI=1S/C21H28FNO/c1-5-6-7-8-18-20(16-9-11-17(22)12-10-16)19(13-24)15(4)23-21(18)14(2)3/h9-12,14,24H,5-8,13H2,1-4H3. The van der Waals surface area contributed by atoms with Crippen molar-refractivity contribution in [2.24, 2.45) is 0 Å². The summed E-state index contributed by atoms with van der Waals surface area (Å²) < 4.78 is 13.4. The van der Waals surface area contributed by atoms with Crippen LogP contribution in [0.15, 0.2) is 24.3 Å². The molecule has 1 heterocycles. The molecule has 0 saturated heterocycles. The lowest BCUT2D eigenvalue weighted by Crippen LogP contribution is -2.09. The number of aliphatic hydroxyl groups excluding tert-OH is 1. The van der Waals surface area contributed by atoms with Gasteiger partial charge in [0.1, 0.15) is 5.82 Å². The highest BCUT2D eigenvalue weighted by Gasteiger charge is 2.20. The van der Waals surface area contributed by atoms with E-state index >= 15 is 0 Å². The predicted molar refractivity (Wildman–Crippen MR) is 97.6 cm³/mol. The van der Waals surface area contributed by atoms with Gasteiger partial charge in [-0.3, -0.25) is 4.98 Å². The van der Waals surface area contributed by atoms with Crippen molar-refractivity contribution in [2.45, 2.75) is 65.9 Å². The van der Waals surface area contributed by atoms with E-state index in [4.69, 9.17) is 4.98 Å². The summed E-state index contributed by atoms with van der Waals surface area (Å²) in [6.07, 6.45) is 4.37. The highest BCUT2D eigenvalue weighted by molar-refractivity contribution is 5.73. The van der Waals surface area contributed by atoms with E-state index in [0.717, 1.165) is 47.3 Å². The van der Waals surface area contributed by atoms with Gasteiger partial charge in [-0.2, -0.15) is 0 Å². The molecular formula is C21H28FNO. The molecule has 2 nitrogen and oxygen atoms in total. The minimum atomic E-state index is -0.244. The monoisotopic (exact) mass is 329 g/mol. The summed E-state index contributed by atoms with van der Waals surface area (Å²) in [5.74, 6) is 0.0685. The van der Waals surface area contributed by atoms with Crippen molar-refractivity contribution in [3.8, 4) is 11.1 Å². The van der Waals surface area contributed by atoms with Crippen molar-refractivity contribution in [1.29, 1.82) is 0 Å². The summed E-state index contributed by atoms with van der Waals surface area (Å²) in [7, 11) is 0. The second kappa shape index (κ2) is 8.39. The van der Waals surface area contributed by atoms with Crippen LogP contribution < -0.4 is 0 Å². The van der Waals surface area contributed by atoms with Crippen molar-refractivity contribution < 1.29 is 9.50 Å². The number of pyridine rings is 1. The first-order valence-electron chi connectivity index (χ1n) is 8.88. The van der Waals surface area contributed by atoms with E-state index in [1.807, 2.05) is 6.92 Å². The number of hydrogen-bond donors (Lipinski definition) is 1. The van der Waals surface area contributed by atoms with E-state index in [9.17, 15) is 9.50 Å². The highest BCUT2D eigenvalue weighted by atomic mass is 19.1. The number of hydrogen-bond acceptors (Lipinski definition) is 2. The first-order valence-corrected chi connectivity index (χ1v) is 8.88. The second-order valence-electron chi connectivity index (χ2n) is 6.69. The average molecular weight is 329 g/mol. The quantitative estimate of drug-likeness (QED) is 0.676. The Morgan fingerprint density at radius 2 is 1.75 bits per heavy atom. The van der Waals surface area contributed by atoms with Crippen LogP contribution in [0.2, 0.25) is 0 Å². The Morgan fingerprint density at radius 3 is 2.29 bits per heavy atom. The fraction of sp³-hybridized carbons (Fsp3) is 0.476. The number of nitrogens with zero attached hydrogens (tertiary/aromatic N) is 1. The highest BCUT2D eigenvalue weighted by Crippen LogP contribution is 2.35. The Bertz CT molecular complexity index is 677. The van der Waals surface area contributed by atoms with E-state index in [0.29, 0.717) is 5.92 Å². The zero-order valence-electron chi connectivity index (χ0n) is 15.2. The fourth-order valence-electron chi connectivity index (χ4n) is 3.25. The van der Waals surface area contributed by atoms with Gasteiger partial charge in [0.05, 0.1) is 6.61 Å². The molecule has 24 heavy (non-hydrogen) atoms. The van der Waals surface area contributed by atoms with Gasteiger partial charge < -0.3 is 5.11 Å². The van der Waals surface area contributed by atoms with E-state index in [1.165, 1.54) is 24.1 Å². The SMILES string of the molecule is CCCCCc1c(C(C)C)nc(C)c(CO)c1-c1ccc(F)cc1. The van der Waals surface area contributed by atoms with Crippen molar-refractivity contribution in [1.82, 2.24) is 4.98 Å². The van der Waals surface area contributed by atoms with Gasteiger partial charge in [-0.15, -0.1) is 0 Å². The van der Waals surface area contributed by atoms with Crippen LogP contribution in [0, 0.1) is 12.7 Å². The van der Waals surface area contributed by atoms with E-state index < -0.39 is 0 Å². The molecule has 1 aromatic heterocycles. The molecule has 0 bridgehead atoms. The summed E-state index contributed by atoms with van der Waals surface area (Å²) in [4.78, 5) is 4.79. The molecule has 1 aromatic carbocycles. The molecule has 0 spiro atoms. The number of benzene rings is 1. The maximum absolute atomic E-state index is 13.4. The molecule has 0 aliphatic carbocycles. The minimum absolute atomic E-state index is 0.0509. The van der Waals surface area contributed by atoms with Gasteiger partial charge in [-0.1, -0.05) is 45.7 Å². The lowest BCUT2D eigenvalue weighted by atomic mass is 9.87. The van der Waals surface area contributed by atoms with Gasteiger partial charge >= 0.3 is 0 Å². The number of halogens is 1. The van der Waals surface area contributed by atoms with Crippen molar-refractivity contribution >= 4 is 0 Å². The van der Waals surface area contributed by atoms with E-state index in [1.54, 1.807) is 12.1 Å². The minimum Gasteiger partial charge on any atom is -0.392 e. The van der Waals surface area contributed by atoms with Crippen LogP contribution in [0.1, 0.15) is 68.5 Å².